The highest BCUT2D eigenvalue weighted by molar-refractivity contribution is 5.91. The first-order valence-corrected chi connectivity index (χ1v) is 12.8. The fraction of sp³-hybridized carbons (Fsp3) is 0.667. The highest BCUT2D eigenvalue weighted by Crippen LogP contribution is 2.10. The molecule has 4 amide bonds. The van der Waals surface area contributed by atoms with Crippen LogP contribution in [0, 0.1) is 0 Å². The van der Waals surface area contributed by atoms with Crippen molar-refractivity contribution >= 4 is 29.6 Å². The topological polar surface area (TPSA) is 208 Å². The predicted molar refractivity (Wildman–Crippen MR) is 136 cm³/mol. The number of aliphatic carboxylic acids is 1. The summed E-state index contributed by atoms with van der Waals surface area (Å²) in [5, 5.41) is 18.7. The summed E-state index contributed by atoms with van der Waals surface area (Å²) in [6.45, 7) is -0.327. The lowest BCUT2D eigenvalue weighted by atomic mass is 10.1. The molecule has 1 aromatic rings. The Morgan fingerprint density at radius 3 is 1.81 bits per heavy atom. The van der Waals surface area contributed by atoms with Gasteiger partial charge in [-0.2, -0.15) is 0 Å². The van der Waals surface area contributed by atoms with Crippen LogP contribution in [0.2, 0.25) is 0 Å². The maximum Gasteiger partial charge on any atom is 0.326 e. The van der Waals surface area contributed by atoms with Gasteiger partial charge in [0.15, 0.2) is 0 Å². The highest BCUT2D eigenvalue weighted by atomic mass is 16.4. The van der Waals surface area contributed by atoms with Gasteiger partial charge >= 0.3 is 5.97 Å². The highest BCUT2D eigenvalue weighted by Gasteiger charge is 2.21. The van der Waals surface area contributed by atoms with Crippen LogP contribution in [0.25, 0.3) is 0 Å². The molecule has 0 aliphatic heterocycles. The number of amides is 4. The Hall–Kier alpha value is -3.48. The van der Waals surface area contributed by atoms with Crippen molar-refractivity contribution in [2.24, 2.45) is 5.73 Å². The molecule has 13 heteroatoms. The molecule has 0 spiro atoms. The van der Waals surface area contributed by atoms with E-state index in [-0.39, 0.29) is 25.4 Å². The van der Waals surface area contributed by atoms with E-state index in [2.05, 4.69) is 31.2 Å². The molecule has 208 valence electrons. The molecule has 13 nitrogen and oxygen atoms in total. The van der Waals surface area contributed by atoms with Gasteiger partial charge in [-0.25, -0.2) is 9.78 Å². The number of rotatable bonds is 21. The minimum atomic E-state index is -1.23. The number of aromatic nitrogens is 2. The van der Waals surface area contributed by atoms with Crippen LogP contribution < -0.4 is 27.0 Å². The molecule has 0 radical (unpaired) electrons. The van der Waals surface area contributed by atoms with Crippen LogP contribution in [-0.2, 0) is 30.4 Å². The normalized spacial score (nSPS) is 11.4. The molecule has 0 fully saturated rings. The van der Waals surface area contributed by atoms with Gasteiger partial charge in [0.05, 0.1) is 26.0 Å². The average molecular weight is 524 g/mol. The van der Waals surface area contributed by atoms with Gasteiger partial charge in [0.1, 0.15) is 6.04 Å². The Morgan fingerprint density at radius 1 is 0.784 bits per heavy atom. The molecule has 37 heavy (non-hydrogen) atoms. The third-order valence-electron chi connectivity index (χ3n) is 5.56. The van der Waals surface area contributed by atoms with Gasteiger partial charge in [0, 0.05) is 24.7 Å². The second-order valence-electron chi connectivity index (χ2n) is 8.79. The number of hydrogen-bond donors (Lipinski definition) is 7. The lowest BCUT2D eigenvalue weighted by Gasteiger charge is -2.14. The summed E-state index contributed by atoms with van der Waals surface area (Å²) in [5.41, 5.74) is 6.00. The summed E-state index contributed by atoms with van der Waals surface area (Å²) < 4.78 is 0. The number of unbranched alkanes of at least 4 members (excludes halogenated alkanes) is 8. The number of nitrogens with one attached hydrogen (secondary N) is 5. The molecule has 0 aromatic carbocycles. The minimum absolute atomic E-state index is 0.00671. The maximum atomic E-state index is 12.0. The van der Waals surface area contributed by atoms with Crippen LogP contribution in [0.15, 0.2) is 12.5 Å². The summed E-state index contributed by atoms with van der Waals surface area (Å²) in [5.74, 6) is -3.31. The molecular weight excluding hydrogens is 482 g/mol. The summed E-state index contributed by atoms with van der Waals surface area (Å²) >= 11 is 0. The van der Waals surface area contributed by atoms with Crippen LogP contribution in [-0.4, -0.2) is 76.9 Å². The second-order valence-corrected chi connectivity index (χ2v) is 8.79. The van der Waals surface area contributed by atoms with E-state index < -0.39 is 36.3 Å². The third kappa shape index (κ3) is 16.8. The summed E-state index contributed by atoms with van der Waals surface area (Å²) in [6.07, 6.45) is 13.1. The van der Waals surface area contributed by atoms with Crippen molar-refractivity contribution in [2.75, 3.05) is 26.2 Å². The molecule has 8 N–H and O–H groups in total. The SMILES string of the molecule is NCCCCCCCCCCCC(=O)NCC(=O)NCC(=O)NCC(=O)N[C@@H](Cc1cnc[nH]1)C(=O)O. The van der Waals surface area contributed by atoms with Crippen LogP contribution in [0.1, 0.15) is 69.9 Å². The monoisotopic (exact) mass is 523 g/mol. The van der Waals surface area contributed by atoms with E-state index in [0.717, 1.165) is 38.6 Å². The molecular formula is C24H41N7O6. The van der Waals surface area contributed by atoms with Gasteiger partial charge in [0.2, 0.25) is 23.6 Å². The van der Waals surface area contributed by atoms with Crippen LogP contribution >= 0.6 is 0 Å². The van der Waals surface area contributed by atoms with Crippen LogP contribution in [0.3, 0.4) is 0 Å². The van der Waals surface area contributed by atoms with Crippen molar-refractivity contribution < 1.29 is 29.1 Å². The number of carboxylic acids is 1. The molecule has 0 aliphatic rings. The molecule has 1 aromatic heterocycles. The third-order valence-corrected chi connectivity index (χ3v) is 5.56. The fourth-order valence-corrected chi connectivity index (χ4v) is 3.48. The van der Waals surface area contributed by atoms with Gasteiger partial charge in [-0.3, -0.25) is 19.2 Å². The zero-order valence-corrected chi connectivity index (χ0v) is 21.4. The molecule has 0 unspecified atom stereocenters. The van der Waals surface area contributed by atoms with Crippen molar-refractivity contribution in [3.05, 3.63) is 18.2 Å². The Balaban J connectivity index is 2.07. The fourth-order valence-electron chi connectivity index (χ4n) is 3.48. The van der Waals surface area contributed by atoms with E-state index in [9.17, 15) is 29.1 Å². The Kier molecular flexibility index (Phi) is 16.8. The number of hydrogen-bond acceptors (Lipinski definition) is 7. The number of imidazole rings is 1. The van der Waals surface area contributed by atoms with Crippen molar-refractivity contribution in [3.8, 4) is 0 Å². The molecule has 0 saturated carbocycles. The number of carboxylic acid groups (broad SMARTS) is 1. The van der Waals surface area contributed by atoms with Gasteiger partial charge in [-0.15, -0.1) is 0 Å². The van der Waals surface area contributed by atoms with Crippen molar-refractivity contribution in [3.63, 3.8) is 0 Å². The van der Waals surface area contributed by atoms with E-state index in [1.54, 1.807) is 0 Å². The van der Waals surface area contributed by atoms with Gasteiger partial charge in [-0.1, -0.05) is 44.9 Å². The number of nitrogens with zero attached hydrogens (tertiary/aromatic N) is 1. The summed E-state index contributed by atoms with van der Waals surface area (Å²) in [6, 6.07) is -1.19. The smallest absolute Gasteiger partial charge is 0.326 e. The summed E-state index contributed by atoms with van der Waals surface area (Å²) in [4.78, 5) is 65.4. The van der Waals surface area contributed by atoms with Crippen molar-refractivity contribution in [1.29, 1.82) is 0 Å². The quantitative estimate of drug-likeness (QED) is 0.106. The predicted octanol–water partition coefficient (Wildman–Crippen LogP) is -0.270. The van der Waals surface area contributed by atoms with Crippen LogP contribution in [0.4, 0.5) is 0 Å². The Labute approximate surface area is 217 Å². The maximum absolute atomic E-state index is 12.0. The number of aromatic amines is 1. The Bertz CT molecular complexity index is 832. The van der Waals surface area contributed by atoms with Crippen molar-refractivity contribution in [1.82, 2.24) is 31.2 Å². The van der Waals surface area contributed by atoms with E-state index in [4.69, 9.17) is 5.73 Å². The largest absolute Gasteiger partial charge is 0.480 e. The molecule has 1 atom stereocenters. The molecule has 0 aliphatic carbocycles. The van der Waals surface area contributed by atoms with E-state index in [1.807, 2.05) is 0 Å². The van der Waals surface area contributed by atoms with Gasteiger partial charge in [-0.05, 0) is 19.4 Å². The number of nitrogens with two attached hydrogens (primary N) is 1. The van der Waals surface area contributed by atoms with E-state index in [0.29, 0.717) is 12.1 Å². The first-order valence-electron chi connectivity index (χ1n) is 12.8. The summed E-state index contributed by atoms with van der Waals surface area (Å²) in [7, 11) is 0. The standard InChI is InChI=1S/C24H41N7O6/c25-11-9-7-5-3-1-2-4-6-8-10-20(32)27-14-21(33)28-15-22(34)29-16-23(35)31-19(24(36)37)12-18-13-26-17-30-18/h13,17,19H,1-12,14-16,25H2,(H,26,30)(H,27,32)(H,28,33)(H,29,34)(H,31,35)(H,36,37)/t19-/m0/s1. The van der Waals surface area contributed by atoms with Gasteiger partial charge in [0.25, 0.3) is 0 Å². The molecule has 1 rings (SSSR count). The van der Waals surface area contributed by atoms with Gasteiger partial charge < -0.3 is 37.1 Å². The minimum Gasteiger partial charge on any atom is -0.480 e. The average Bonchev–Trinajstić information content (AvgIpc) is 3.38. The van der Waals surface area contributed by atoms with Crippen molar-refractivity contribution in [2.45, 2.75) is 76.7 Å². The number of carbonyl (C=O) groups is 5. The Morgan fingerprint density at radius 2 is 1.30 bits per heavy atom. The van der Waals surface area contributed by atoms with Crippen LogP contribution in [0.5, 0.6) is 0 Å². The molecule has 0 bridgehead atoms. The molecule has 0 saturated heterocycles. The lowest BCUT2D eigenvalue weighted by molar-refractivity contribution is -0.141. The first-order chi connectivity index (χ1) is 17.8. The lowest BCUT2D eigenvalue weighted by Crippen LogP contribution is -2.48. The molecule has 1 heterocycles. The van der Waals surface area contributed by atoms with E-state index in [1.165, 1.54) is 38.2 Å². The first kappa shape index (κ1) is 31.5. The zero-order chi connectivity index (χ0) is 27.3. The second kappa shape index (κ2) is 19.7. The number of carbonyl (C=O) groups excluding carboxylic acids is 4. The van der Waals surface area contributed by atoms with E-state index >= 15 is 0 Å². The number of H-pyrrole nitrogens is 1. The zero-order valence-electron chi connectivity index (χ0n) is 21.4.